The third-order valence-corrected chi connectivity index (χ3v) is 6.53. The molecule has 0 bridgehead atoms. The number of aromatic amines is 1. The van der Waals surface area contributed by atoms with E-state index in [0.717, 1.165) is 31.5 Å². The summed E-state index contributed by atoms with van der Waals surface area (Å²) in [6.07, 6.45) is 7.52. The Morgan fingerprint density at radius 2 is 1.90 bits per heavy atom. The molecule has 2 atom stereocenters. The van der Waals surface area contributed by atoms with Gasteiger partial charge in [0.05, 0.1) is 0 Å². The van der Waals surface area contributed by atoms with E-state index in [-0.39, 0.29) is 5.92 Å². The number of hydrogen-bond donors (Lipinski definition) is 1. The summed E-state index contributed by atoms with van der Waals surface area (Å²) < 4.78 is 29.0. The molecule has 0 spiro atoms. The Morgan fingerprint density at radius 1 is 1.19 bits per heavy atom. The van der Waals surface area contributed by atoms with Gasteiger partial charge in [-0.15, -0.1) is 0 Å². The molecule has 2 aliphatic rings. The minimum Gasteiger partial charge on any atom is -0.348 e. The predicted octanol–water partition coefficient (Wildman–Crippen LogP) is 1.57. The van der Waals surface area contributed by atoms with Crippen LogP contribution in [0.15, 0.2) is 12.4 Å². The molecule has 21 heavy (non-hydrogen) atoms. The van der Waals surface area contributed by atoms with Crippen molar-refractivity contribution in [2.45, 2.75) is 38.5 Å². The molecule has 2 saturated heterocycles. The Bertz CT molecular complexity index is 558. The first kappa shape index (κ1) is 15.0. The lowest BCUT2D eigenvalue weighted by atomic mass is 9.99. The van der Waals surface area contributed by atoms with Gasteiger partial charge in [-0.05, 0) is 31.6 Å². The van der Waals surface area contributed by atoms with Gasteiger partial charge in [0.2, 0.25) is 0 Å². The van der Waals surface area contributed by atoms with Crippen LogP contribution in [0, 0.1) is 5.92 Å². The van der Waals surface area contributed by atoms with Crippen LogP contribution in [-0.2, 0) is 10.2 Å². The van der Waals surface area contributed by atoms with Crippen molar-refractivity contribution in [1.29, 1.82) is 0 Å². The number of nitrogens with one attached hydrogen (secondary N) is 1. The third kappa shape index (κ3) is 3.14. The number of nitrogens with zero attached hydrogens (tertiary/aromatic N) is 3. The molecule has 0 amide bonds. The van der Waals surface area contributed by atoms with Gasteiger partial charge in [0.15, 0.2) is 0 Å². The summed E-state index contributed by atoms with van der Waals surface area (Å²) in [5.74, 6) is 1.55. The van der Waals surface area contributed by atoms with Gasteiger partial charge in [0, 0.05) is 44.5 Å². The van der Waals surface area contributed by atoms with E-state index in [1.165, 1.54) is 0 Å². The van der Waals surface area contributed by atoms with Crippen LogP contribution >= 0.6 is 0 Å². The number of piperidine rings is 2. The lowest BCUT2D eigenvalue weighted by Crippen LogP contribution is -2.50. The largest absolute Gasteiger partial charge is 0.348 e. The first-order chi connectivity index (χ1) is 10.1. The molecule has 6 nitrogen and oxygen atoms in total. The number of imidazole rings is 1. The average molecular weight is 312 g/mol. The summed E-state index contributed by atoms with van der Waals surface area (Å²) in [4.78, 5) is 7.41. The predicted molar refractivity (Wildman–Crippen MR) is 81.0 cm³/mol. The standard InChI is InChI=1S/C14H24N4O2S/c1-12-4-2-8-17(10-12)21(19,20)18-9-3-5-13(11-18)14-15-6-7-16-14/h6-7,12-13H,2-5,8-11H2,1H3,(H,15,16)/t12-,13-/m0/s1. The summed E-state index contributed by atoms with van der Waals surface area (Å²) in [6, 6.07) is 0. The first-order valence-electron chi connectivity index (χ1n) is 7.82. The highest BCUT2D eigenvalue weighted by molar-refractivity contribution is 7.86. The van der Waals surface area contributed by atoms with Crippen LogP contribution < -0.4 is 0 Å². The summed E-state index contributed by atoms with van der Waals surface area (Å²) in [7, 11) is -3.32. The number of H-pyrrole nitrogens is 1. The Hall–Kier alpha value is -0.920. The molecule has 0 aromatic carbocycles. The van der Waals surface area contributed by atoms with Crippen molar-refractivity contribution in [3.05, 3.63) is 18.2 Å². The normalized spacial score (nSPS) is 29.6. The molecule has 0 unspecified atom stereocenters. The minimum atomic E-state index is -3.32. The van der Waals surface area contributed by atoms with E-state index >= 15 is 0 Å². The van der Waals surface area contributed by atoms with Crippen molar-refractivity contribution in [2.75, 3.05) is 26.2 Å². The Labute approximate surface area is 126 Å². The maximum atomic E-state index is 12.8. The molecule has 3 rings (SSSR count). The maximum absolute atomic E-state index is 12.8. The van der Waals surface area contributed by atoms with Crippen LogP contribution in [0.4, 0.5) is 0 Å². The SMILES string of the molecule is C[C@H]1CCCN(S(=O)(=O)N2CCC[C@H](c3ncc[nH]3)C2)C1. The summed E-state index contributed by atoms with van der Waals surface area (Å²) >= 11 is 0. The topological polar surface area (TPSA) is 69.3 Å². The summed E-state index contributed by atoms with van der Waals surface area (Å²) in [5, 5.41) is 0. The fraction of sp³-hybridized carbons (Fsp3) is 0.786. The van der Waals surface area contributed by atoms with Gasteiger partial charge in [-0.2, -0.15) is 17.0 Å². The van der Waals surface area contributed by atoms with Gasteiger partial charge in [0.25, 0.3) is 10.2 Å². The highest BCUT2D eigenvalue weighted by Crippen LogP contribution is 2.28. The van der Waals surface area contributed by atoms with E-state index in [1.54, 1.807) is 21.0 Å². The highest BCUT2D eigenvalue weighted by atomic mass is 32.2. The molecule has 7 heteroatoms. The van der Waals surface area contributed by atoms with E-state index in [2.05, 4.69) is 16.9 Å². The molecule has 1 N–H and O–H groups in total. The van der Waals surface area contributed by atoms with E-state index in [9.17, 15) is 8.42 Å². The van der Waals surface area contributed by atoms with Crippen LogP contribution in [0.2, 0.25) is 0 Å². The van der Waals surface area contributed by atoms with Crippen LogP contribution in [0.5, 0.6) is 0 Å². The Morgan fingerprint density at radius 3 is 2.57 bits per heavy atom. The lowest BCUT2D eigenvalue weighted by molar-refractivity contribution is 0.239. The molecule has 0 saturated carbocycles. The van der Waals surface area contributed by atoms with Crippen molar-refractivity contribution in [2.24, 2.45) is 5.92 Å². The van der Waals surface area contributed by atoms with Gasteiger partial charge < -0.3 is 4.98 Å². The second-order valence-corrected chi connectivity index (χ2v) is 8.21. The van der Waals surface area contributed by atoms with E-state index in [1.807, 2.05) is 0 Å². The van der Waals surface area contributed by atoms with Crippen LogP contribution in [0.25, 0.3) is 0 Å². The van der Waals surface area contributed by atoms with Crippen molar-refractivity contribution < 1.29 is 8.42 Å². The quantitative estimate of drug-likeness (QED) is 0.921. The molecule has 1 aromatic rings. The molecule has 2 aliphatic heterocycles. The zero-order valence-electron chi connectivity index (χ0n) is 12.5. The number of rotatable bonds is 3. The highest BCUT2D eigenvalue weighted by Gasteiger charge is 2.36. The first-order valence-corrected chi connectivity index (χ1v) is 9.21. The van der Waals surface area contributed by atoms with Crippen LogP contribution in [0.3, 0.4) is 0 Å². The second kappa shape index (κ2) is 6.06. The summed E-state index contributed by atoms with van der Waals surface area (Å²) in [6.45, 7) is 4.62. The average Bonchev–Trinajstić information content (AvgIpc) is 3.02. The van der Waals surface area contributed by atoms with Crippen molar-refractivity contribution in [3.8, 4) is 0 Å². The third-order valence-electron chi connectivity index (χ3n) is 4.56. The smallest absolute Gasteiger partial charge is 0.282 e. The van der Waals surface area contributed by atoms with E-state index in [4.69, 9.17) is 0 Å². The van der Waals surface area contributed by atoms with Gasteiger partial charge in [-0.3, -0.25) is 0 Å². The van der Waals surface area contributed by atoms with Gasteiger partial charge in [0.1, 0.15) is 5.82 Å². The molecular formula is C14H24N4O2S. The molecule has 1 aromatic heterocycles. The summed E-state index contributed by atoms with van der Waals surface area (Å²) in [5.41, 5.74) is 0. The Balaban J connectivity index is 1.72. The molecule has 2 fully saturated rings. The fourth-order valence-corrected chi connectivity index (χ4v) is 5.25. The molecule has 118 valence electrons. The second-order valence-electron chi connectivity index (χ2n) is 6.28. The lowest BCUT2D eigenvalue weighted by Gasteiger charge is -2.37. The van der Waals surface area contributed by atoms with E-state index in [0.29, 0.717) is 32.1 Å². The zero-order chi connectivity index (χ0) is 14.9. The molecule has 0 aliphatic carbocycles. The van der Waals surface area contributed by atoms with Crippen LogP contribution in [-0.4, -0.2) is 53.2 Å². The van der Waals surface area contributed by atoms with Crippen LogP contribution in [0.1, 0.15) is 44.3 Å². The van der Waals surface area contributed by atoms with Crippen molar-refractivity contribution >= 4 is 10.2 Å². The van der Waals surface area contributed by atoms with E-state index < -0.39 is 10.2 Å². The number of hydrogen-bond acceptors (Lipinski definition) is 3. The molecule has 3 heterocycles. The fourth-order valence-electron chi connectivity index (χ4n) is 3.40. The molecular weight excluding hydrogens is 288 g/mol. The monoisotopic (exact) mass is 312 g/mol. The zero-order valence-corrected chi connectivity index (χ0v) is 13.3. The maximum Gasteiger partial charge on any atom is 0.282 e. The van der Waals surface area contributed by atoms with Gasteiger partial charge >= 0.3 is 0 Å². The van der Waals surface area contributed by atoms with Crippen molar-refractivity contribution in [1.82, 2.24) is 18.6 Å². The van der Waals surface area contributed by atoms with Gasteiger partial charge in [-0.25, -0.2) is 4.98 Å². The Kier molecular flexibility index (Phi) is 4.33. The minimum absolute atomic E-state index is 0.186. The van der Waals surface area contributed by atoms with Crippen molar-refractivity contribution in [3.63, 3.8) is 0 Å². The molecule has 0 radical (unpaired) electrons. The van der Waals surface area contributed by atoms with Gasteiger partial charge in [-0.1, -0.05) is 6.92 Å². The number of aromatic nitrogens is 2.